The van der Waals surface area contributed by atoms with Crippen molar-refractivity contribution in [2.24, 2.45) is 0 Å². The number of hydrogen-bond acceptors (Lipinski definition) is 3. The van der Waals surface area contributed by atoms with Crippen molar-refractivity contribution in [3.63, 3.8) is 0 Å². The van der Waals surface area contributed by atoms with Crippen LogP contribution in [-0.2, 0) is 6.54 Å². The van der Waals surface area contributed by atoms with Crippen LogP contribution in [0.1, 0.15) is 11.1 Å². The van der Waals surface area contributed by atoms with E-state index in [2.05, 4.69) is 5.32 Å². The van der Waals surface area contributed by atoms with Crippen LogP contribution >= 0.6 is 11.6 Å². The average molecular weight is 277 g/mol. The second-order valence-corrected chi connectivity index (χ2v) is 4.31. The van der Waals surface area contributed by atoms with Crippen molar-refractivity contribution in [2.75, 3.05) is 5.32 Å². The molecule has 0 atom stereocenters. The lowest BCUT2D eigenvalue weighted by Crippen LogP contribution is -2.00. The maximum atomic E-state index is 13.1. The second-order valence-electron chi connectivity index (χ2n) is 3.91. The number of aromatic hydroxyl groups is 1. The summed E-state index contributed by atoms with van der Waals surface area (Å²) in [7, 11) is 0. The Morgan fingerprint density at radius 3 is 2.84 bits per heavy atom. The molecule has 0 aromatic heterocycles. The van der Waals surface area contributed by atoms with Gasteiger partial charge in [-0.2, -0.15) is 5.26 Å². The van der Waals surface area contributed by atoms with Crippen LogP contribution in [0.5, 0.6) is 5.75 Å². The van der Waals surface area contributed by atoms with Gasteiger partial charge in [0.1, 0.15) is 17.6 Å². The van der Waals surface area contributed by atoms with E-state index in [1.165, 1.54) is 18.2 Å². The molecule has 2 aromatic carbocycles. The molecule has 0 fully saturated rings. The summed E-state index contributed by atoms with van der Waals surface area (Å²) in [5.74, 6) is -0.544. The molecular weight excluding hydrogens is 267 g/mol. The summed E-state index contributed by atoms with van der Waals surface area (Å²) in [5.41, 5.74) is 1.19. The predicted molar refractivity (Wildman–Crippen MR) is 71.6 cm³/mol. The normalized spacial score (nSPS) is 9.95. The SMILES string of the molecule is N#Cc1cc(NCc2cccc(Cl)c2O)ccc1F. The third-order valence-electron chi connectivity index (χ3n) is 2.64. The first kappa shape index (κ1) is 13.2. The molecule has 0 aliphatic heterocycles. The van der Waals surface area contributed by atoms with Crippen LogP contribution in [-0.4, -0.2) is 5.11 Å². The van der Waals surface area contributed by atoms with Crippen LogP contribution in [0, 0.1) is 17.1 Å². The molecule has 0 amide bonds. The van der Waals surface area contributed by atoms with Crippen molar-refractivity contribution in [2.45, 2.75) is 6.54 Å². The molecule has 2 rings (SSSR count). The Hall–Kier alpha value is -2.25. The summed E-state index contributed by atoms with van der Waals surface area (Å²) in [6, 6.07) is 11.0. The highest BCUT2D eigenvalue weighted by atomic mass is 35.5. The standard InChI is InChI=1S/C14H10ClFN2O/c15-12-3-1-2-9(14(12)19)8-18-11-4-5-13(16)10(6-11)7-17/h1-6,18-19H,8H2. The zero-order valence-corrected chi connectivity index (χ0v) is 10.6. The van der Waals surface area contributed by atoms with E-state index in [1.807, 2.05) is 0 Å². The first-order valence-corrected chi connectivity index (χ1v) is 5.89. The van der Waals surface area contributed by atoms with Crippen molar-refractivity contribution >= 4 is 17.3 Å². The summed E-state index contributed by atoms with van der Waals surface area (Å²) < 4.78 is 13.1. The van der Waals surface area contributed by atoms with Crippen LogP contribution in [0.3, 0.4) is 0 Å². The number of benzene rings is 2. The van der Waals surface area contributed by atoms with E-state index >= 15 is 0 Å². The number of anilines is 1. The fourth-order valence-electron chi connectivity index (χ4n) is 1.62. The van der Waals surface area contributed by atoms with Gasteiger partial charge in [-0.3, -0.25) is 0 Å². The number of rotatable bonds is 3. The van der Waals surface area contributed by atoms with Gasteiger partial charge < -0.3 is 10.4 Å². The van der Waals surface area contributed by atoms with Crippen molar-refractivity contribution in [3.05, 3.63) is 58.4 Å². The Morgan fingerprint density at radius 2 is 2.11 bits per heavy atom. The topological polar surface area (TPSA) is 56.0 Å². The van der Waals surface area contributed by atoms with Crippen LogP contribution in [0.4, 0.5) is 10.1 Å². The first-order valence-electron chi connectivity index (χ1n) is 5.51. The van der Waals surface area contributed by atoms with E-state index in [1.54, 1.807) is 24.3 Å². The van der Waals surface area contributed by atoms with E-state index in [4.69, 9.17) is 16.9 Å². The van der Waals surface area contributed by atoms with Gasteiger partial charge >= 0.3 is 0 Å². The molecule has 0 saturated heterocycles. The number of phenolic OH excluding ortho intramolecular Hbond substituents is 1. The number of nitrogens with zero attached hydrogens (tertiary/aromatic N) is 1. The largest absolute Gasteiger partial charge is 0.506 e. The maximum absolute atomic E-state index is 13.1. The van der Waals surface area contributed by atoms with Gasteiger partial charge in [0, 0.05) is 17.8 Å². The van der Waals surface area contributed by atoms with E-state index in [-0.39, 0.29) is 16.3 Å². The molecule has 0 aliphatic carbocycles. The van der Waals surface area contributed by atoms with Crippen molar-refractivity contribution in [1.82, 2.24) is 0 Å². The highest BCUT2D eigenvalue weighted by Crippen LogP contribution is 2.27. The van der Waals surface area contributed by atoms with Gasteiger partial charge in [-0.15, -0.1) is 0 Å². The lowest BCUT2D eigenvalue weighted by atomic mass is 10.1. The molecule has 2 aromatic rings. The summed E-state index contributed by atoms with van der Waals surface area (Å²) in [4.78, 5) is 0. The molecule has 2 N–H and O–H groups in total. The van der Waals surface area contributed by atoms with Crippen LogP contribution in [0.2, 0.25) is 5.02 Å². The van der Waals surface area contributed by atoms with E-state index in [9.17, 15) is 9.50 Å². The minimum Gasteiger partial charge on any atom is -0.506 e. The first-order chi connectivity index (χ1) is 9.11. The van der Waals surface area contributed by atoms with Crippen LogP contribution in [0.25, 0.3) is 0 Å². The van der Waals surface area contributed by atoms with Gasteiger partial charge in [-0.05, 0) is 24.3 Å². The molecule has 0 saturated carbocycles. The third kappa shape index (κ3) is 2.95. The molecule has 0 bridgehead atoms. The third-order valence-corrected chi connectivity index (χ3v) is 2.95. The van der Waals surface area contributed by atoms with Crippen LogP contribution < -0.4 is 5.32 Å². The second kappa shape index (κ2) is 5.59. The van der Waals surface area contributed by atoms with Gasteiger partial charge in [0.2, 0.25) is 0 Å². The van der Waals surface area contributed by atoms with Crippen molar-refractivity contribution in [3.8, 4) is 11.8 Å². The maximum Gasteiger partial charge on any atom is 0.141 e. The zero-order chi connectivity index (χ0) is 13.8. The minimum atomic E-state index is -0.557. The number of nitrogens with one attached hydrogen (secondary N) is 1. The Balaban J connectivity index is 2.15. The van der Waals surface area contributed by atoms with Gasteiger partial charge in [0.15, 0.2) is 0 Å². The zero-order valence-electron chi connectivity index (χ0n) is 9.82. The Labute approximate surface area is 114 Å². The fraction of sp³-hybridized carbons (Fsp3) is 0.0714. The molecule has 3 nitrogen and oxygen atoms in total. The summed E-state index contributed by atoms with van der Waals surface area (Å²) in [5, 5.41) is 21.7. The average Bonchev–Trinajstić information content (AvgIpc) is 2.42. The monoisotopic (exact) mass is 276 g/mol. The quantitative estimate of drug-likeness (QED) is 0.899. The van der Waals surface area contributed by atoms with Gasteiger partial charge in [-0.1, -0.05) is 23.7 Å². The molecule has 0 unspecified atom stereocenters. The highest BCUT2D eigenvalue weighted by Gasteiger charge is 2.06. The number of hydrogen-bond donors (Lipinski definition) is 2. The smallest absolute Gasteiger partial charge is 0.141 e. The highest BCUT2D eigenvalue weighted by molar-refractivity contribution is 6.32. The number of phenols is 1. The number of nitriles is 1. The molecule has 0 aliphatic rings. The molecular formula is C14H10ClFN2O. The summed E-state index contributed by atoms with van der Waals surface area (Å²) >= 11 is 5.79. The lowest BCUT2D eigenvalue weighted by molar-refractivity contribution is 0.469. The Bertz CT molecular complexity index is 652. The van der Waals surface area contributed by atoms with Crippen molar-refractivity contribution < 1.29 is 9.50 Å². The van der Waals surface area contributed by atoms with Gasteiger partial charge in [-0.25, -0.2) is 4.39 Å². The lowest BCUT2D eigenvalue weighted by Gasteiger charge is -2.09. The summed E-state index contributed by atoms with van der Waals surface area (Å²) in [6.07, 6.45) is 0. The molecule has 5 heteroatoms. The van der Waals surface area contributed by atoms with Gasteiger partial charge in [0.25, 0.3) is 0 Å². The predicted octanol–water partition coefficient (Wildman–Crippen LogP) is 3.67. The minimum absolute atomic E-state index is 0.0132. The molecule has 0 heterocycles. The van der Waals surface area contributed by atoms with E-state index in [0.717, 1.165) is 0 Å². The molecule has 96 valence electrons. The van der Waals surface area contributed by atoms with Crippen molar-refractivity contribution in [1.29, 1.82) is 5.26 Å². The fourth-order valence-corrected chi connectivity index (χ4v) is 1.81. The summed E-state index contributed by atoms with van der Waals surface area (Å²) in [6.45, 7) is 0.322. The Morgan fingerprint density at radius 1 is 1.32 bits per heavy atom. The van der Waals surface area contributed by atoms with E-state index < -0.39 is 5.82 Å². The number of halogens is 2. The van der Waals surface area contributed by atoms with E-state index in [0.29, 0.717) is 17.8 Å². The molecule has 0 spiro atoms. The van der Waals surface area contributed by atoms with Gasteiger partial charge in [0.05, 0.1) is 10.6 Å². The molecule has 0 radical (unpaired) electrons. The number of para-hydroxylation sites is 1. The Kier molecular flexibility index (Phi) is 3.88. The molecule has 19 heavy (non-hydrogen) atoms. The van der Waals surface area contributed by atoms with Crippen LogP contribution in [0.15, 0.2) is 36.4 Å².